The van der Waals surface area contributed by atoms with E-state index >= 15 is 0 Å². The van der Waals surface area contributed by atoms with Gasteiger partial charge in [0.15, 0.2) is 0 Å². The summed E-state index contributed by atoms with van der Waals surface area (Å²) in [5, 5.41) is 0. The smallest absolute Gasteiger partial charge is 0.320 e. The molecule has 1 heterocycles. The molecular weight excluding hydrogens is 171 g/mol. The van der Waals surface area contributed by atoms with Gasteiger partial charge in [-0.15, -0.1) is 11.3 Å². The molecule has 0 unspecified atom stereocenters. The molecule has 0 saturated carbocycles. The van der Waals surface area contributed by atoms with Crippen LogP contribution in [0.2, 0.25) is 0 Å². The maximum Gasteiger partial charge on any atom is 0.366 e. The molecule has 0 aliphatic rings. The van der Waals surface area contributed by atoms with Gasteiger partial charge in [-0.1, -0.05) is 0 Å². The van der Waals surface area contributed by atoms with Crippen molar-refractivity contribution < 1.29 is 14.4 Å². The van der Waals surface area contributed by atoms with Crippen LogP contribution in [0.5, 0.6) is 0 Å². The molecule has 55 valence electrons. The highest BCUT2D eigenvalue weighted by Crippen LogP contribution is 2.35. The minimum absolute atomic E-state index is 0.0810. The summed E-state index contributed by atoms with van der Waals surface area (Å²) in [6.07, 6.45) is 0. The molecule has 10 heavy (non-hydrogen) atoms. The summed E-state index contributed by atoms with van der Waals surface area (Å²) < 4.78 is 10.6. The Labute approximate surface area is 62.5 Å². The first-order valence-electron chi connectivity index (χ1n) is 2.48. The minimum atomic E-state index is -4.02. The van der Waals surface area contributed by atoms with E-state index in [0.717, 1.165) is 11.3 Å². The van der Waals surface area contributed by atoms with E-state index < -0.39 is 7.60 Å². The molecule has 0 aromatic carbocycles. The Balaban J connectivity index is 3.08. The molecule has 0 amide bonds. The predicted molar refractivity (Wildman–Crippen MR) is 40.5 cm³/mol. The molecule has 1 rings (SSSR count). The zero-order valence-corrected chi connectivity index (χ0v) is 6.73. The Hall–Kier alpha value is -0.150. The lowest BCUT2D eigenvalue weighted by Gasteiger charge is -1.96. The fraction of sp³-hybridized carbons (Fsp3) is 0. The Morgan fingerprint density at radius 1 is 1.50 bits per heavy atom. The van der Waals surface area contributed by atoms with E-state index in [0.29, 0.717) is 4.88 Å². The van der Waals surface area contributed by atoms with Gasteiger partial charge >= 0.3 is 7.60 Å². The minimum Gasteiger partial charge on any atom is -0.320 e. The van der Waals surface area contributed by atoms with Gasteiger partial charge in [0, 0.05) is 4.88 Å². The molecule has 1 aromatic rings. The molecule has 2 N–H and O–H groups in total. The maximum atomic E-state index is 10.5. The lowest BCUT2D eigenvalue weighted by molar-refractivity contribution is 0.388. The highest BCUT2D eigenvalue weighted by atomic mass is 32.1. The molecule has 0 fully saturated rings. The third-order valence-electron chi connectivity index (χ3n) is 0.935. The van der Waals surface area contributed by atoms with E-state index in [4.69, 9.17) is 9.79 Å². The van der Waals surface area contributed by atoms with Gasteiger partial charge in [0.25, 0.3) is 0 Å². The molecule has 0 aliphatic heterocycles. The van der Waals surface area contributed by atoms with Gasteiger partial charge in [-0.3, -0.25) is 4.57 Å². The maximum absolute atomic E-state index is 10.5. The average Bonchev–Trinajstić information content (AvgIpc) is 2.11. The highest BCUT2D eigenvalue weighted by molar-refractivity contribution is 7.67. The van der Waals surface area contributed by atoms with E-state index in [1.54, 1.807) is 6.07 Å². The van der Waals surface area contributed by atoms with E-state index in [-0.39, 0.29) is 4.62 Å². The summed E-state index contributed by atoms with van der Waals surface area (Å²) >= 11 is 1.02. The molecule has 1 radical (unpaired) electrons. The van der Waals surface area contributed by atoms with E-state index in [1.165, 1.54) is 6.07 Å². The van der Waals surface area contributed by atoms with Crippen LogP contribution in [0.25, 0.3) is 0 Å². The van der Waals surface area contributed by atoms with E-state index in [2.05, 4.69) is 6.92 Å². The quantitative estimate of drug-likeness (QED) is 0.622. The Morgan fingerprint density at radius 3 is 2.30 bits per heavy atom. The second-order valence-electron chi connectivity index (χ2n) is 1.78. The monoisotopic (exact) mass is 177 g/mol. The summed E-state index contributed by atoms with van der Waals surface area (Å²) in [5.74, 6) is 0. The van der Waals surface area contributed by atoms with Crippen LogP contribution >= 0.6 is 18.9 Å². The van der Waals surface area contributed by atoms with Crippen molar-refractivity contribution in [2.45, 2.75) is 0 Å². The first-order valence-corrected chi connectivity index (χ1v) is 4.91. The molecule has 0 saturated heterocycles. The summed E-state index contributed by atoms with van der Waals surface area (Å²) in [6, 6.07) is 2.98. The summed E-state index contributed by atoms with van der Waals surface area (Å²) in [6.45, 7) is 3.53. The topological polar surface area (TPSA) is 57.5 Å². The van der Waals surface area contributed by atoms with Gasteiger partial charge in [-0.25, -0.2) is 0 Å². The van der Waals surface area contributed by atoms with Crippen molar-refractivity contribution in [3.8, 4) is 0 Å². The first kappa shape index (κ1) is 7.95. The number of thiophene rings is 1. The lowest BCUT2D eigenvalue weighted by Crippen LogP contribution is -1.94. The highest BCUT2D eigenvalue weighted by Gasteiger charge is 2.18. The van der Waals surface area contributed by atoms with Crippen LogP contribution in [0.3, 0.4) is 0 Å². The van der Waals surface area contributed by atoms with E-state index in [1.807, 2.05) is 0 Å². The number of hydrogen-bond donors (Lipinski definition) is 2. The SMILES string of the molecule is [CH2]c1ccc(P(=O)(O)O)s1. The first-order chi connectivity index (χ1) is 4.50. The average molecular weight is 177 g/mol. The van der Waals surface area contributed by atoms with Crippen LogP contribution in [0.15, 0.2) is 12.1 Å². The molecule has 1 aromatic heterocycles. The molecular formula is C5H6O3PS. The summed E-state index contributed by atoms with van der Waals surface area (Å²) in [7, 11) is -4.02. The molecule has 0 atom stereocenters. The van der Waals surface area contributed by atoms with Crippen LogP contribution < -0.4 is 4.62 Å². The van der Waals surface area contributed by atoms with Crippen LogP contribution in [0.1, 0.15) is 4.88 Å². The van der Waals surface area contributed by atoms with Crippen molar-refractivity contribution in [1.82, 2.24) is 0 Å². The van der Waals surface area contributed by atoms with Gasteiger partial charge in [0.1, 0.15) is 4.62 Å². The van der Waals surface area contributed by atoms with Crippen molar-refractivity contribution in [2.75, 3.05) is 0 Å². The normalized spacial score (nSPS) is 11.9. The second-order valence-corrected chi connectivity index (χ2v) is 4.82. The summed E-state index contributed by atoms with van der Waals surface area (Å²) in [4.78, 5) is 17.9. The van der Waals surface area contributed by atoms with Gasteiger partial charge in [0.05, 0.1) is 0 Å². The van der Waals surface area contributed by atoms with Crippen molar-refractivity contribution >= 4 is 23.6 Å². The van der Waals surface area contributed by atoms with Crippen molar-refractivity contribution in [1.29, 1.82) is 0 Å². The van der Waals surface area contributed by atoms with Gasteiger partial charge in [-0.2, -0.15) is 0 Å². The van der Waals surface area contributed by atoms with Crippen molar-refractivity contribution in [2.24, 2.45) is 0 Å². The van der Waals surface area contributed by atoms with Crippen molar-refractivity contribution in [3.05, 3.63) is 23.9 Å². The predicted octanol–water partition coefficient (Wildman–Crippen LogP) is 0.733. The van der Waals surface area contributed by atoms with Crippen LogP contribution in [-0.4, -0.2) is 9.79 Å². The lowest BCUT2D eigenvalue weighted by atomic mass is 10.5. The molecule has 5 heteroatoms. The third-order valence-corrected chi connectivity index (χ3v) is 3.39. The third kappa shape index (κ3) is 1.67. The number of hydrogen-bond acceptors (Lipinski definition) is 2. The molecule has 0 aliphatic carbocycles. The van der Waals surface area contributed by atoms with Crippen molar-refractivity contribution in [3.63, 3.8) is 0 Å². The zero-order valence-electron chi connectivity index (χ0n) is 5.02. The molecule has 0 bridgehead atoms. The van der Waals surface area contributed by atoms with E-state index in [9.17, 15) is 4.57 Å². The largest absolute Gasteiger partial charge is 0.366 e. The second kappa shape index (κ2) is 2.47. The van der Waals surface area contributed by atoms with Crippen LogP contribution in [0.4, 0.5) is 0 Å². The van der Waals surface area contributed by atoms with Gasteiger partial charge in [0.2, 0.25) is 0 Å². The van der Waals surface area contributed by atoms with Crippen LogP contribution in [0, 0.1) is 6.92 Å². The molecule has 0 spiro atoms. The molecule has 3 nitrogen and oxygen atoms in total. The fourth-order valence-corrected chi connectivity index (χ4v) is 2.16. The Kier molecular flexibility index (Phi) is 1.97. The Morgan fingerprint density at radius 2 is 2.10 bits per heavy atom. The fourth-order valence-electron chi connectivity index (χ4n) is 0.523. The van der Waals surface area contributed by atoms with Crippen LogP contribution in [-0.2, 0) is 4.57 Å². The standard InChI is InChI=1S/C5H6O3PS/c1-4-2-3-5(10-4)9(6,7)8/h2-3H,1H2,(H2,6,7,8). The Bertz CT molecular complexity index is 274. The summed E-state index contributed by atoms with van der Waals surface area (Å²) in [5.41, 5.74) is 0. The van der Waals surface area contributed by atoms with Gasteiger partial charge in [-0.05, 0) is 19.1 Å². The van der Waals surface area contributed by atoms with Gasteiger partial charge < -0.3 is 9.79 Å². The number of rotatable bonds is 1. The zero-order chi connectivity index (χ0) is 7.78.